The highest BCUT2D eigenvalue weighted by Crippen LogP contribution is 2.23. The molecule has 2 N–H and O–H groups in total. The molecule has 0 fully saturated rings. The average molecular weight is 348 g/mol. The van der Waals surface area contributed by atoms with Gasteiger partial charge in [0.2, 0.25) is 0 Å². The summed E-state index contributed by atoms with van der Waals surface area (Å²) in [6, 6.07) is 3.13. The lowest BCUT2D eigenvalue weighted by Gasteiger charge is -2.22. The molecule has 2 atom stereocenters. The number of benzene rings is 1. The summed E-state index contributed by atoms with van der Waals surface area (Å²) in [6.07, 6.45) is -4.14. The first-order valence-electron chi connectivity index (χ1n) is 7.17. The van der Waals surface area contributed by atoms with Crippen LogP contribution in [0.3, 0.4) is 0 Å². The molecule has 0 aliphatic rings. The van der Waals surface area contributed by atoms with Crippen LogP contribution >= 0.6 is 0 Å². The average Bonchev–Trinajstić information content (AvgIpc) is 2.51. The summed E-state index contributed by atoms with van der Waals surface area (Å²) in [5.41, 5.74) is 0.245. The molecule has 134 valence electrons. The van der Waals surface area contributed by atoms with E-state index in [-0.39, 0.29) is 11.6 Å². The number of amides is 2. The minimum atomic E-state index is -4.78. The van der Waals surface area contributed by atoms with Gasteiger partial charge in [-0.25, -0.2) is 9.59 Å². The second kappa shape index (κ2) is 8.42. The van der Waals surface area contributed by atoms with Crippen molar-refractivity contribution in [3.05, 3.63) is 24.3 Å². The number of halogens is 3. The summed E-state index contributed by atoms with van der Waals surface area (Å²) >= 11 is 0. The van der Waals surface area contributed by atoms with Crippen molar-refractivity contribution >= 4 is 17.7 Å². The van der Waals surface area contributed by atoms with Crippen molar-refractivity contribution in [1.29, 1.82) is 0 Å². The molecule has 1 rings (SSSR count). The number of alkyl halides is 3. The molecule has 0 bridgehead atoms. The second-order valence-electron chi connectivity index (χ2n) is 5.06. The van der Waals surface area contributed by atoms with E-state index in [4.69, 9.17) is 0 Å². The third-order valence-corrected chi connectivity index (χ3v) is 3.30. The fraction of sp³-hybridized carbons (Fsp3) is 0.467. The molecule has 2 unspecified atom stereocenters. The summed E-state index contributed by atoms with van der Waals surface area (Å²) in [5, 5.41) is 4.91. The predicted octanol–water partition coefficient (Wildman–Crippen LogP) is 3.29. The van der Waals surface area contributed by atoms with Gasteiger partial charge in [-0.05, 0) is 30.2 Å². The normalized spacial score (nSPS) is 13.6. The third kappa shape index (κ3) is 6.35. The SMILES string of the molecule is CCC(C)C(NC(=O)Nc1ccc(OC(F)(F)F)cc1)C(=O)OC. The molecule has 0 aliphatic carbocycles. The molecule has 2 amide bonds. The molecule has 0 aliphatic heterocycles. The lowest BCUT2D eigenvalue weighted by molar-refractivity contribution is -0.274. The van der Waals surface area contributed by atoms with E-state index in [1.165, 1.54) is 19.2 Å². The van der Waals surface area contributed by atoms with Crippen molar-refractivity contribution in [2.45, 2.75) is 32.7 Å². The van der Waals surface area contributed by atoms with Gasteiger partial charge in [0, 0.05) is 5.69 Å². The van der Waals surface area contributed by atoms with E-state index in [1.807, 2.05) is 6.92 Å². The largest absolute Gasteiger partial charge is 0.573 e. The molecule has 6 nitrogen and oxygen atoms in total. The van der Waals surface area contributed by atoms with Crippen LogP contribution < -0.4 is 15.4 Å². The van der Waals surface area contributed by atoms with E-state index in [0.29, 0.717) is 6.42 Å². The van der Waals surface area contributed by atoms with E-state index in [9.17, 15) is 22.8 Å². The molecule has 24 heavy (non-hydrogen) atoms. The molecule has 0 saturated heterocycles. The zero-order valence-corrected chi connectivity index (χ0v) is 13.4. The van der Waals surface area contributed by atoms with Gasteiger partial charge >= 0.3 is 18.4 Å². The van der Waals surface area contributed by atoms with E-state index in [2.05, 4.69) is 20.1 Å². The Kier molecular flexibility index (Phi) is 6.87. The second-order valence-corrected chi connectivity index (χ2v) is 5.06. The van der Waals surface area contributed by atoms with Gasteiger partial charge in [-0.15, -0.1) is 13.2 Å². The highest BCUT2D eigenvalue weighted by atomic mass is 19.4. The summed E-state index contributed by atoms with van der Waals surface area (Å²) in [4.78, 5) is 23.6. The molecular formula is C15H19F3N2O4. The Balaban J connectivity index is 2.68. The Bertz CT molecular complexity index is 561. The van der Waals surface area contributed by atoms with Crippen molar-refractivity contribution in [2.75, 3.05) is 12.4 Å². The number of rotatable bonds is 6. The molecule has 0 heterocycles. The van der Waals surface area contributed by atoms with Gasteiger partial charge in [0.25, 0.3) is 0 Å². The molecule has 1 aromatic carbocycles. The highest BCUT2D eigenvalue weighted by molar-refractivity contribution is 5.92. The molecule has 0 radical (unpaired) electrons. The lowest BCUT2D eigenvalue weighted by Crippen LogP contribution is -2.47. The number of carbonyl (C=O) groups excluding carboxylic acids is 2. The first-order chi connectivity index (χ1) is 11.2. The van der Waals surface area contributed by atoms with Crippen LogP contribution in [0.15, 0.2) is 24.3 Å². The number of methoxy groups -OCH3 is 1. The van der Waals surface area contributed by atoms with Gasteiger partial charge in [0.05, 0.1) is 7.11 Å². The molecule has 1 aromatic rings. The smallest absolute Gasteiger partial charge is 0.467 e. The molecule has 9 heteroatoms. The van der Waals surface area contributed by atoms with Crippen LogP contribution in [-0.4, -0.2) is 31.5 Å². The maximum absolute atomic E-state index is 12.1. The number of anilines is 1. The minimum Gasteiger partial charge on any atom is -0.467 e. The van der Waals surface area contributed by atoms with Gasteiger partial charge in [-0.3, -0.25) is 0 Å². The van der Waals surface area contributed by atoms with Gasteiger partial charge < -0.3 is 20.1 Å². The van der Waals surface area contributed by atoms with Gasteiger partial charge in [-0.2, -0.15) is 0 Å². The predicted molar refractivity (Wildman–Crippen MR) is 80.5 cm³/mol. The first kappa shape index (κ1) is 19.6. The first-order valence-corrected chi connectivity index (χ1v) is 7.17. The zero-order chi connectivity index (χ0) is 18.3. The Morgan fingerprint density at radius 2 is 1.79 bits per heavy atom. The number of nitrogens with one attached hydrogen (secondary N) is 2. The fourth-order valence-electron chi connectivity index (χ4n) is 1.84. The van der Waals surface area contributed by atoms with Crippen LogP contribution in [0, 0.1) is 5.92 Å². The van der Waals surface area contributed by atoms with Crippen LogP contribution in [0.1, 0.15) is 20.3 Å². The van der Waals surface area contributed by atoms with Gasteiger partial charge in [0.15, 0.2) is 0 Å². The van der Waals surface area contributed by atoms with Crippen LogP contribution in [0.4, 0.5) is 23.7 Å². The Labute approximate surface area is 137 Å². The monoisotopic (exact) mass is 348 g/mol. The Morgan fingerprint density at radius 1 is 1.21 bits per heavy atom. The maximum atomic E-state index is 12.1. The summed E-state index contributed by atoms with van der Waals surface area (Å²) in [6.45, 7) is 3.64. The highest BCUT2D eigenvalue weighted by Gasteiger charge is 2.31. The molecular weight excluding hydrogens is 329 g/mol. The van der Waals surface area contributed by atoms with E-state index >= 15 is 0 Å². The van der Waals surface area contributed by atoms with E-state index in [1.54, 1.807) is 6.92 Å². The summed E-state index contributed by atoms with van der Waals surface area (Å²) < 4.78 is 44.6. The number of hydrogen-bond donors (Lipinski definition) is 2. The quantitative estimate of drug-likeness (QED) is 0.774. The zero-order valence-electron chi connectivity index (χ0n) is 13.4. The van der Waals surface area contributed by atoms with Crippen LogP contribution in [0.25, 0.3) is 0 Å². The number of esters is 1. The Morgan fingerprint density at radius 3 is 2.25 bits per heavy atom. The van der Waals surface area contributed by atoms with Crippen molar-refractivity contribution in [1.82, 2.24) is 5.32 Å². The van der Waals surface area contributed by atoms with Crippen molar-refractivity contribution in [3.63, 3.8) is 0 Å². The van der Waals surface area contributed by atoms with Gasteiger partial charge in [0.1, 0.15) is 11.8 Å². The number of carbonyl (C=O) groups is 2. The topological polar surface area (TPSA) is 76.7 Å². The standard InChI is InChI=1S/C15H19F3N2O4/c1-4-9(2)12(13(21)23-3)20-14(22)19-10-5-7-11(8-6-10)24-15(16,17)18/h5-9,12H,4H2,1-3H3,(H2,19,20,22). The van der Waals surface area contributed by atoms with Crippen LogP contribution in [-0.2, 0) is 9.53 Å². The van der Waals surface area contributed by atoms with E-state index < -0.39 is 30.2 Å². The van der Waals surface area contributed by atoms with Crippen LogP contribution in [0.5, 0.6) is 5.75 Å². The van der Waals surface area contributed by atoms with Crippen molar-refractivity contribution < 1.29 is 32.2 Å². The lowest BCUT2D eigenvalue weighted by atomic mass is 9.99. The number of urea groups is 1. The molecule has 0 aromatic heterocycles. The van der Waals surface area contributed by atoms with Crippen molar-refractivity contribution in [2.24, 2.45) is 5.92 Å². The maximum Gasteiger partial charge on any atom is 0.573 e. The van der Waals surface area contributed by atoms with Crippen molar-refractivity contribution in [3.8, 4) is 5.75 Å². The fourth-order valence-corrected chi connectivity index (χ4v) is 1.84. The van der Waals surface area contributed by atoms with Crippen LogP contribution in [0.2, 0.25) is 0 Å². The summed E-state index contributed by atoms with van der Waals surface area (Å²) in [7, 11) is 1.22. The summed E-state index contributed by atoms with van der Waals surface area (Å²) in [5.74, 6) is -1.13. The van der Waals surface area contributed by atoms with E-state index in [0.717, 1.165) is 12.1 Å². The third-order valence-electron chi connectivity index (χ3n) is 3.30. The molecule has 0 saturated carbocycles. The minimum absolute atomic E-state index is 0.147. The number of hydrogen-bond acceptors (Lipinski definition) is 4. The number of ether oxygens (including phenoxy) is 2. The molecule has 0 spiro atoms. The Hall–Kier alpha value is -2.45. The van der Waals surface area contributed by atoms with Gasteiger partial charge in [-0.1, -0.05) is 20.3 Å².